The fraction of sp³-hybridized carbons (Fsp3) is 0.562. The van der Waals surface area contributed by atoms with Crippen molar-refractivity contribution in [3.8, 4) is 0 Å². The summed E-state index contributed by atoms with van der Waals surface area (Å²) in [5, 5.41) is 3.18. The Morgan fingerprint density at radius 1 is 1.28 bits per heavy atom. The summed E-state index contributed by atoms with van der Waals surface area (Å²) in [6, 6.07) is 10.6. The molecular weight excluding hydrogens is 222 g/mol. The van der Waals surface area contributed by atoms with Gasteiger partial charge in [0.05, 0.1) is 0 Å². The van der Waals surface area contributed by atoms with Crippen LogP contribution in [0.15, 0.2) is 30.3 Å². The van der Waals surface area contributed by atoms with Crippen molar-refractivity contribution in [2.75, 3.05) is 0 Å². The molecule has 2 heteroatoms. The molecule has 2 rings (SSSR count). The van der Waals surface area contributed by atoms with Gasteiger partial charge in [-0.15, -0.1) is 0 Å². The molecule has 0 bridgehead atoms. The van der Waals surface area contributed by atoms with Gasteiger partial charge in [0.1, 0.15) is 0 Å². The zero-order valence-electron chi connectivity index (χ0n) is 11.2. The maximum atomic E-state index is 11.9. The molecule has 1 aliphatic rings. The molecule has 1 aromatic carbocycles. The summed E-state index contributed by atoms with van der Waals surface area (Å²) in [6.07, 6.45) is 6.32. The van der Waals surface area contributed by atoms with Crippen LogP contribution in [0.25, 0.3) is 0 Å². The fourth-order valence-electron chi connectivity index (χ4n) is 2.77. The van der Waals surface area contributed by atoms with E-state index in [9.17, 15) is 4.79 Å². The molecule has 1 N–H and O–H groups in total. The summed E-state index contributed by atoms with van der Waals surface area (Å²) in [4.78, 5) is 11.9. The van der Waals surface area contributed by atoms with E-state index in [0.29, 0.717) is 12.5 Å². The second kappa shape index (κ2) is 6.58. The monoisotopic (exact) mass is 245 g/mol. The summed E-state index contributed by atoms with van der Waals surface area (Å²) in [5.74, 6) is 0.969. The van der Waals surface area contributed by atoms with E-state index in [0.717, 1.165) is 25.2 Å². The molecule has 0 aromatic heterocycles. The Bertz CT molecular complexity index is 374. The first-order valence-corrected chi connectivity index (χ1v) is 7.07. The first kappa shape index (κ1) is 13.1. The van der Waals surface area contributed by atoms with Gasteiger partial charge in [-0.25, -0.2) is 0 Å². The van der Waals surface area contributed by atoms with Crippen LogP contribution in [0.2, 0.25) is 0 Å². The van der Waals surface area contributed by atoms with Gasteiger partial charge in [0.2, 0.25) is 5.91 Å². The van der Waals surface area contributed by atoms with Crippen LogP contribution in [0.5, 0.6) is 0 Å². The van der Waals surface area contributed by atoms with E-state index >= 15 is 0 Å². The minimum atomic E-state index is 0.206. The largest absolute Gasteiger partial charge is 0.353 e. The molecule has 0 aliphatic heterocycles. The van der Waals surface area contributed by atoms with Crippen molar-refractivity contribution >= 4 is 5.91 Å². The van der Waals surface area contributed by atoms with Crippen molar-refractivity contribution < 1.29 is 4.79 Å². The van der Waals surface area contributed by atoms with E-state index in [1.807, 2.05) is 18.2 Å². The summed E-state index contributed by atoms with van der Waals surface area (Å²) in [6.45, 7) is 2.28. The topological polar surface area (TPSA) is 29.1 Å². The standard InChI is InChI=1S/C16H23NO/c1-13-6-5-9-15(12-13)17-16(18)11-10-14-7-3-2-4-8-14/h2-4,7-8,13,15H,5-6,9-12H2,1H3,(H,17,18). The van der Waals surface area contributed by atoms with Crippen molar-refractivity contribution in [2.45, 2.75) is 51.5 Å². The van der Waals surface area contributed by atoms with E-state index in [4.69, 9.17) is 0 Å². The SMILES string of the molecule is CC1CCCC(NC(=O)CCc2ccccc2)C1. The highest BCUT2D eigenvalue weighted by Gasteiger charge is 2.19. The van der Waals surface area contributed by atoms with Gasteiger partial charge in [-0.2, -0.15) is 0 Å². The molecule has 0 heterocycles. The number of nitrogens with one attached hydrogen (secondary N) is 1. The van der Waals surface area contributed by atoms with Crippen LogP contribution in [0, 0.1) is 5.92 Å². The average molecular weight is 245 g/mol. The third-order valence-electron chi connectivity index (χ3n) is 3.79. The second-order valence-corrected chi connectivity index (χ2v) is 5.52. The summed E-state index contributed by atoms with van der Waals surface area (Å²) in [7, 11) is 0. The van der Waals surface area contributed by atoms with Crippen molar-refractivity contribution in [3.63, 3.8) is 0 Å². The molecular formula is C16H23NO. The van der Waals surface area contributed by atoms with Crippen LogP contribution in [0.3, 0.4) is 0 Å². The first-order valence-electron chi connectivity index (χ1n) is 7.07. The van der Waals surface area contributed by atoms with Gasteiger partial charge in [-0.1, -0.05) is 50.1 Å². The third kappa shape index (κ3) is 4.17. The van der Waals surface area contributed by atoms with Crippen LogP contribution >= 0.6 is 0 Å². The number of carbonyl (C=O) groups excluding carboxylic acids is 1. The predicted molar refractivity (Wildman–Crippen MR) is 74.3 cm³/mol. The highest BCUT2D eigenvalue weighted by atomic mass is 16.1. The number of carbonyl (C=O) groups is 1. The molecule has 1 saturated carbocycles. The lowest BCUT2D eigenvalue weighted by atomic mass is 9.87. The Morgan fingerprint density at radius 2 is 2.06 bits per heavy atom. The van der Waals surface area contributed by atoms with E-state index in [1.165, 1.54) is 18.4 Å². The number of hydrogen-bond donors (Lipinski definition) is 1. The Kier molecular flexibility index (Phi) is 4.80. The van der Waals surface area contributed by atoms with Crippen molar-refractivity contribution in [1.29, 1.82) is 0 Å². The lowest BCUT2D eigenvalue weighted by Crippen LogP contribution is -2.38. The van der Waals surface area contributed by atoms with Crippen molar-refractivity contribution in [3.05, 3.63) is 35.9 Å². The highest BCUT2D eigenvalue weighted by Crippen LogP contribution is 2.23. The number of rotatable bonds is 4. The maximum Gasteiger partial charge on any atom is 0.220 e. The highest BCUT2D eigenvalue weighted by molar-refractivity contribution is 5.76. The molecule has 98 valence electrons. The predicted octanol–water partition coefficient (Wildman–Crippen LogP) is 3.31. The van der Waals surface area contributed by atoms with Gasteiger partial charge in [0, 0.05) is 12.5 Å². The molecule has 2 atom stereocenters. The number of benzene rings is 1. The van der Waals surface area contributed by atoms with Gasteiger partial charge in [-0.05, 0) is 30.7 Å². The third-order valence-corrected chi connectivity index (χ3v) is 3.79. The van der Waals surface area contributed by atoms with Crippen molar-refractivity contribution in [1.82, 2.24) is 5.32 Å². The molecule has 1 amide bonds. The molecule has 0 spiro atoms. The zero-order valence-corrected chi connectivity index (χ0v) is 11.2. The van der Waals surface area contributed by atoms with Crippen LogP contribution in [-0.4, -0.2) is 11.9 Å². The smallest absolute Gasteiger partial charge is 0.220 e. The number of aryl methyl sites for hydroxylation is 1. The average Bonchev–Trinajstić information content (AvgIpc) is 2.38. The first-order chi connectivity index (χ1) is 8.74. The van der Waals surface area contributed by atoms with Gasteiger partial charge in [-0.3, -0.25) is 4.79 Å². The zero-order chi connectivity index (χ0) is 12.8. The minimum absolute atomic E-state index is 0.206. The van der Waals surface area contributed by atoms with Crippen LogP contribution in [0.1, 0.15) is 44.6 Å². The molecule has 1 aliphatic carbocycles. The molecule has 2 unspecified atom stereocenters. The summed E-state index contributed by atoms with van der Waals surface area (Å²) in [5.41, 5.74) is 1.24. The fourth-order valence-corrected chi connectivity index (χ4v) is 2.77. The van der Waals surface area contributed by atoms with E-state index in [1.54, 1.807) is 0 Å². The van der Waals surface area contributed by atoms with Crippen LogP contribution < -0.4 is 5.32 Å². The van der Waals surface area contributed by atoms with Gasteiger partial charge in [0.15, 0.2) is 0 Å². The summed E-state index contributed by atoms with van der Waals surface area (Å²) >= 11 is 0. The molecule has 2 nitrogen and oxygen atoms in total. The molecule has 0 saturated heterocycles. The van der Waals surface area contributed by atoms with E-state index in [2.05, 4.69) is 24.4 Å². The molecule has 1 aromatic rings. The second-order valence-electron chi connectivity index (χ2n) is 5.52. The quantitative estimate of drug-likeness (QED) is 0.866. The van der Waals surface area contributed by atoms with Crippen LogP contribution in [-0.2, 0) is 11.2 Å². The Balaban J connectivity index is 1.72. The lowest BCUT2D eigenvalue weighted by molar-refractivity contribution is -0.122. The number of amides is 1. The minimum Gasteiger partial charge on any atom is -0.353 e. The molecule has 18 heavy (non-hydrogen) atoms. The van der Waals surface area contributed by atoms with Gasteiger partial charge >= 0.3 is 0 Å². The van der Waals surface area contributed by atoms with E-state index in [-0.39, 0.29) is 5.91 Å². The van der Waals surface area contributed by atoms with Crippen LogP contribution in [0.4, 0.5) is 0 Å². The maximum absolute atomic E-state index is 11.9. The normalized spacial score (nSPS) is 23.6. The Labute approximate surface area is 110 Å². The molecule has 0 radical (unpaired) electrons. The van der Waals surface area contributed by atoms with Gasteiger partial charge in [0.25, 0.3) is 0 Å². The van der Waals surface area contributed by atoms with E-state index < -0.39 is 0 Å². The summed E-state index contributed by atoms with van der Waals surface area (Å²) < 4.78 is 0. The Morgan fingerprint density at radius 3 is 2.78 bits per heavy atom. The van der Waals surface area contributed by atoms with Crippen molar-refractivity contribution in [2.24, 2.45) is 5.92 Å². The lowest BCUT2D eigenvalue weighted by Gasteiger charge is -2.27. The Hall–Kier alpha value is -1.31. The van der Waals surface area contributed by atoms with Gasteiger partial charge < -0.3 is 5.32 Å². The molecule has 1 fully saturated rings. The number of hydrogen-bond acceptors (Lipinski definition) is 1.